The van der Waals surface area contributed by atoms with E-state index < -0.39 is 0 Å². The van der Waals surface area contributed by atoms with Gasteiger partial charge in [-0.2, -0.15) is 10.2 Å². The smallest absolute Gasteiger partial charge is 0.266 e. The largest absolute Gasteiger partial charge is 0.459 e. The number of amides is 1. The van der Waals surface area contributed by atoms with Gasteiger partial charge in [0.25, 0.3) is 5.89 Å². The van der Waals surface area contributed by atoms with E-state index in [1.54, 1.807) is 23.5 Å². The number of carbonyl (C=O) groups excluding carboxylic acids is 1. The van der Waals surface area contributed by atoms with E-state index in [9.17, 15) is 10.1 Å². The fourth-order valence-corrected chi connectivity index (χ4v) is 5.13. The first-order valence-corrected chi connectivity index (χ1v) is 11.1. The number of nitrogens with one attached hydrogen (secondary N) is 1. The van der Waals surface area contributed by atoms with E-state index >= 15 is 0 Å². The molecule has 31 heavy (non-hydrogen) atoms. The van der Waals surface area contributed by atoms with Crippen LogP contribution in [0.2, 0.25) is 0 Å². The molecule has 0 atom stereocenters. The average Bonchev–Trinajstić information content (AvgIpc) is 3.52. The molecule has 5 rings (SSSR count). The Morgan fingerprint density at radius 2 is 2.16 bits per heavy atom. The minimum atomic E-state index is -0.0992. The number of oxazole rings is 1. The molecule has 160 valence electrons. The maximum atomic E-state index is 12.8. The highest BCUT2D eigenvalue weighted by Gasteiger charge is 2.30. The second kappa shape index (κ2) is 8.17. The number of hydrogen-bond acceptors (Lipinski definition) is 9. The van der Waals surface area contributed by atoms with E-state index in [2.05, 4.69) is 33.3 Å². The first-order valence-electron chi connectivity index (χ1n) is 10.3. The Balaban J connectivity index is 1.22. The summed E-state index contributed by atoms with van der Waals surface area (Å²) in [5.41, 5.74) is 1.34. The van der Waals surface area contributed by atoms with E-state index in [-0.39, 0.29) is 23.4 Å². The molecule has 3 aromatic heterocycles. The van der Waals surface area contributed by atoms with E-state index in [4.69, 9.17) is 8.83 Å². The minimum Gasteiger partial charge on any atom is -0.459 e. The van der Waals surface area contributed by atoms with E-state index in [0.717, 1.165) is 25.2 Å². The lowest BCUT2D eigenvalue weighted by molar-refractivity contribution is -0.120. The number of nitrogens with zero attached hydrogens (tertiary/aromatic N) is 5. The molecule has 2 aliphatic rings. The Morgan fingerprint density at radius 3 is 2.90 bits per heavy atom. The van der Waals surface area contributed by atoms with Crippen molar-refractivity contribution < 1.29 is 13.6 Å². The lowest BCUT2D eigenvalue weighted by Crippen LogP contribution is -2.38. The summed E-state index contributed by atoms with van der Waals surface area (Å²) in [6.07, 6.45) is 3.80. The van der Waals surface area contributed by atoms with E-state index in [0.29, 0.717) is 42.7 Å². The fourth-order valence-electron chi connectivity index (χ4n) is 4.03. The molecule has 1 N–H and O–H groups in total. The van der Waals surface area contributed by atoms with Gasteiger partial charge in [-0.25, -0.2) is 4.98 Å². The van der Waals surface area contributed by atoms with Gasteiger partial charge in [0.15, 0.2) is 10.9 Å². The SMILES string of the molecule is CN1CCc2nc(NC(=O)C3CCN(c4oc(-c5ccco5)nc4C#N)CC3)sc2C1. The molecule has 3 aromatic rings. The van der Waals surface area contributed by atoms with Crippen LogP contribution in [0.3, 0.4) is 0 Å². The number of furan rings is 1. The van der Waals surface area contributed by atoms with Gasteiger partial charge in [0.2, 0.25) is 17.5 Å². The van der Waals surface area contributed by atoms with Crippen LogP contribution >= 0.6 is 11.3 Å². The number of thiazole rings is 1. The summed E-state index contributed by atoms with van der Waals surface area (Å²) < 4.78 is 11.1. The Kier molecular flexibility index (Phi) is 5.21. The van der Waals surface area contributed by atoms with Crippen LogP contribution in [0.4, 0.5) is 11.0 Å². The monoisotopic (exact) mass is 438 g/mol. The molecule has 1 amide bonds. The second-order valence-electron chi connectivity index (χ2n) is 7.89. The topological polar surface area (TPSA) is 111 Å². The molecular weight excluding hydrogens is 416 g/mol. The summed E-state index contributed by atoms with van der Waals surface area (Å²) in [5, 5.41) is 13.2. The number of fused-ring (bicyclic) bond motifs is 1. The van der Waals surface area contributed by atoms with Crippen molar-refractivity contribution in [2.24, 2.45) is 5.92 Å². The van der Waals surface area contributed by atoms with Gasteiger partial charge in [-0.15, -0.1) is 11.3 Å². The molecule has 0 aromatic carbocycles. The molecule has 0 saturated carbocycles. The third-order valence-corrected chi connectivity index (χ3v) is 6.75. The van der Waals surface area contributed by atoms with Gasteiger partial charge in [0, 0.05) is 43.4 Å². The van der Waals surface area contributed by atoms with Crippen LogP contribution in [-0.4, -0.2) is 47.5 Å². The molecule has 9 nitrogen and oxygen atoms in total. The van der Waals surface area contributed by atoms with Crippen molar-refractivity contribution in [2.75, 3.05) is 36.9 Å². The normalized spacial score (nSPS) is 17.4. The standard InChI is InChI=1S/C21H22N6O3S/c1-26-7-6-14-17(12-26)31-21(24-14)25-18(28)13-4-8-27(9-5-13)20-15(11-22)23-19(30-20)16-3-2-10-29-16/h2-3,10,13H,4-9,12H2,1H3,(H,24,25,28). The molecule has 0 radical (unpaired) electrons. The third-order valence-electron chi connectivity index (χ3n) is 5.75. The van der Waals surface area contributed by atoms with Gasteiger partial charge in [0.05, 0.1) is 12.0 Å². The zero-order chi connectivity index (χ0) is 21.4. The molecule has 0 unspecified atom stereocenters. The number of anilines is 2. The first-order chi connectivity index (χ1) is 15.1. The number of aromatic nitrogens is 2. The molecular formula is C21H22N6O3S. The van der Waals surface area contributed by atoms with Gasteiger partial charge >= 0.3 is 0 Å². The molecule has 0 bridgehead atoms. The molecule has 10 heteroatoms. The first kappa shape index (κ1) is 19.8. The molecule has 1 fully saturated rings. The summed E-state index contributed by atoms with van der Waals surface area (Å²) in [6.45, 7) is 3.10. The predicted molar refractivity (Wildman–Crippen MR) is 115 cm³/mol. The Morgan fingerprint density at radius 1 is 1.32 bits per heavy atom. The lowest BCUT2D eigenvalue weighted by atomic mass is 9.96. The maximum Gasteiger partial charge on any atom is 0.266 e. The molecule has 0 aliphatic carbocycles. The van der Waals surface area contributed by atoms with Crippen molar-refractivity contribution in [3.63, 3.8) is 0 Å². The third kappa shape index (κ3) is 3.94. The highest BCUT2D eigenvalue weighted by atomic mass is 32.1. The number of nitriles is 1. The highest BCUT2D eigenvalue weighted by molar-refractivity contribution is 7.15. The summed E-state index contributed by atoms with van der Waals surface area (Å²) in [4.78, 5) is 27.1. The Bertz CT molecular complexity index is 1120. The number of piperidine rings is 1. The van der Waals surface area contributed by atoms with Gasteiger partial charge in [-0.3, -0.25) is 4.79 Å². The highest BCUT2D eigenvalue weighted by Crippen LogP contribution is 2.32. The van der Waals surface area contributed by atoms with Crippen LogP contribution in [-0.2, 0) is 17.8 Å². The summed E-state index contributed by atoms with van der Waals surface area (Å²) in [5.74, 6) is 1.11. The zero-order valence-electron chi connectivity index (χ0n) is 17.1. The van der Waals surface area contributed by atoms with Crippen molar-refractivity contribution in [1.82, 2.24) is 14.9 Å². The Labute approximate surface area is 183 Å². The minimum absolute atomic E-state index is 0.00783. The van der Waals surface area contributed by atoms with Crippen LogP contribution in [0.25, 0.3) is 11.7 Å². The van der Waals surface area contributed by atoms with Gasteiger partial charge in [-0.05, 0) is 32.0 Å². The van der Waals surface area contributed by atoms with Crippen molar-refractivity contribution in [3.05, 3.63) is 34.7 Å². The van der Waals surface area contributed by atoms with Crippen LogP contribution in [0.5, 0.6) is 0 Å². The number of rotatable bonds is 4. The second-order valence-corrected chi connectivity index (χ2v) is 8.97. The lowest BCUT2D eigenvalue weighted by Gasteiger charge is -2.30. The van der Waals surface area contributed by atoms with Crippen LogP contribution in [0, 0.1) is 17.2 Å². The molecule has 2 aliphatic heterocycles. The number of likely N-dealkylation sites (N-methyl/N-ethyl adjacent to an activating group) is 1. The Hall–Kier alpha value is -3.16. The van der Waals surface area contributed by atoms with Crippen molar-refractivity contribution in [1.29, 1.82) is 5.26 Å². The summed E-state index contributed by atoms with van der Waals surface area (Å²) >= 11 is 1.57. The van der Waals surface area contributed by atoms with Crippen LogP contribution in [0.15, 0.2) is 27.2 Å². The number of carbonyl (C=O) groups is 1. The quantitative estimate of drug-likeness (QED) is 0.661. The maximum absolute atomic E-state index is 12.8. The molecule has 5 heterocycles. The van der Waals surface area contributed by atoms with E-state index in [1.165, 1.54) is 11.1 Å². The van der Waals surface area contributed by atoms with Crippen molar-refractivity contribution in [2.45, 2.75) is 25.8 Å². The zero-order valence-corrected chi connectivity index (χ0v) is 17.9. The fraction of sp³-hybridized carbons (Fsp3) is 0.429. The van der Waals surface area contributed by atoms with Crippen LogP contribution < -0.4 is 10.2 Å². The van der Waals surface area contributed by atoms with Crippen molar-refractivity contribution >= 4 is 28.3 Å². The molecule has 0 spiro atoms. The van der Waals surface area contributed by atoms with Gasteiger partial charge in [0.1, 0.15) is 6.07 Å². The van der Waals surface area contributed by atoms with Gasteiger partial charge in [-0.1, -0.05) is 0 Å². The van der Waals surface area contributed by atoms with E-state index in [1.807, 2.05) is 4.90 Å². The average molecular weight is 439 g/mol. The van der Waals surface area contributed by atoms with Gasteiger partial charge < -0.3 is 24.0 Å². The summed E-state index contributed by atoms with van der Waals surface area (Å²) in [6, 6.07) is 5.57. The van der Waals surface area contributed by atoms with Crippen LogP contribution in [0.1, 0.15) is 29.1 Å². The number of hydrogen-bond donors (Lipinski definition) is 1. The van der Waals surface area contributed by atoms with Crippen molar-refractivity contribution in [3.8, 4) is 17.7 Å². The molecule has 1 saturated heterocycles. The summed E-state index contributed by atoms with van der Waals surface area (Å²) in [7, 11) is 2.10. The predicted octanol–water partition coefficient (Wildman–Crippen LogP) is 3.11.